The van der Waals surface area contributed by atoms with Gasteiger partial charge >= 0.3 is 0 Å². The molecule has 1 heterocycles. The van der Waals surface area contributed by atoms with Gasteiger partial charge in [-0.15, -0.1) is 0 Å². The van der Waals surface area contributed by atoms with E-state index in [1.807, 2.05) is 0 Å². The smallest absolute Gasteiger partial charge is 0.167 e. The van der Waals surface area contributed by atoms with E-state index in [0.29, 0.717) is 17.9 Å². The van der Waals surface area contributed by atoms with E-state index < -0.39 is 11.2 Å². The van der Waals surface area contributed by atoms with Crippen LogP contribution in [0.2, 0.25) is 0 Å². The van der Waals surface area contributed by atoms with Gasteiger partial charge in [-0.25, -0.2) is 0 Å². The molecular weight excluding hydrogens is 308 g/mol. The second-order valence-electron chi connectivity index (χ2n) is 7.24. The Labute approximate surface area is 144 Å². The van der Waals surface area contributed by atoms with Crippen LogP contribution in [0.15, 0.2) is 11.3 Å². The number of hydrogen-bond donors (Lipinski definition) is 1. The average molecular weight is 341 g/mol. The summed E-state index contributed by atoms with van der Waals surface area (Å²) in [6.07, 6.45) is 16.0. The molecule has 2 aliphatic rings. The molecule has 0 amide bonds. The molecule has 0 aromatic rings. The molecule has 1 N–H and O–H groups in total. The Morgan fingerprint density at radius 1 is 0.957 bits per heavy atom. The lowest BCUT2D eigenvalue weighted by atomic mass is 9.88. The molecule has 3 nitrogen and oxygen atoms in total. The fraction of sp³-hybridized carbons (Fsp3) is 0.842. The van der Waals surface area contributed by atoms with Crippen molar-refractivity contribution in [1.82, 2.24) is 0 Å². The number of aliphatic hydroxyl groups excluding tert-OH is 1. The van der Waals surface area contributed by atoms with Crippen molar-refractivity contribution in [1.29, 1.82) is 0 Å². The van der Waals surface area contributed by atoms with Crippen molar-refractivity contribution >= 4 is 17.0 Å². The van der Waals surface area contributed by atoms with E-state index >= 15 is 0 Å². The third kappa shape index (κ3) is 6.88. The van der Waals surface area contributed by atoms with Crippen LogP contribution in [0.25, 0.3) is 0 Å². The number of rotatable bonds is 4. The molecule has 1 unspecified atom stereocenters. The SMILES string of the molecule is O=C(CCC1CCCCCCCCCCC1)C1=C(O)C[S+]([O-])C1. The lowest BCUT2D eigenvalue weighted by Crippen LogP contribution is -2.11. The van der Waals surface area contributed by atoms with E-state index in [2.05, 4.69) is 0 Å². The van der Waals surface area contributed by atoms with Gasteiger partial charge in [0.25, 0.3) is 0 Å². The molecule has 132 valence electrons. The summed E-state index contributed by atoms with van der Waals surface area (Å²) in [5.74, 6) is 1.18. The van der Waals surface area contributed by atoms with E-state index in [0.717, 1.165) is 6.42 Å². The predicted octanol–water partition coefficient (Wildman–Crippen LogP) is 4.83. The fourth-order valence-corrected chi connectivity index (χ4v) is 5.03. The van der Waals surface area contributed by atoms with Crippen molar-refractivity contribution in [3.05, 3.63) is 11.3 Å². The molecule has 0 aromatic heterocycles. The molecule has 0 radical (unpaired) electrons. The molecule has 1 fully saturated rings. The molecule has 23 heavy (non-hydrogen) atoms. The van der Waals surface area contributed by atoms with Gasteiger partial charge in [0, 0.05) is 6.42 Å². The quantitative estimate of drug-likeness (QED) is 0.746. The zero-order valence-corrected chi connectivity index (χ0v) is 15.2. The summed E-state index contributed by atoms with van der Waals surface area (Å²) < 4.78 is 11.4. The molecular formula is C19H32O3S. The summed E-state index contributed by atoms with van der Waals surface area (Å²) in [6.45, 7) is 0. The van der Waals surface area contributed by atoms with Gasteiger partial charge in [0.2, 0.25) is 0 Å². The summed E-state index contributed by atoms with van der Waals surface area (Å²) >= 11 is -1.07. The van der Waals surface area contributed by atoms with Crippen LogP contribution < -0.4 is 0 Å². The van der Waals surface area contributed by atoms with Gasteiger partial charge in [0.15, 0.2) is 17.3 Å². The molecule has 4 heteroatoms. The Balaban J connectivity index is 1.76. The van der Waals surface area contributed by atoms with Gasteiger partial charge in [-0.05, 0) is 23.5 Å². The Bertz CT molecular complexity index is 393. The van der Waals surface area contributed by atoms with Crippen molar-refractivity contribution in [3.63, 3.8) is 0 Å². The Morgan fingerprint density at radius 2 is 1.48 bits per heavy atom. The zero-order valence-electron chi connectivity index (χ0n) is 14.4. The van der Waals surface area contributed by atoms with Crippen LogP contribution in [0, 0.1) is 5.92 Å². The highest BCUT2D eigenvalue weighted by molar-refractivity contribution is 7.92. The van der Waals surface area contributed by atoms with Crippen LogP contribution in [0.5, 0.6) is 0 Å². The van der Waals surface area contributed by atoms with Gasteiger partial charge in [-0.2, -0.15) is 0 Å². The van der Waals surface area contributed by atoms with Crippen molar-refractivity contribution in [2.75, 3.05) is 11.5 Å². The number of aliphatic hydroxyl groups is 1. The average Bonchev–Trinajstić information content (AvgIpc) is 2.85. The van der Waals surface area contributed by atoms with Crippen molar-refractivity contribution in [3.8, 4) is 0 Å². The maximum absolute atomic E-state index is 12.3. The molecule has 0 saturated heterocycles. The van der Waals surface area contributed by atoms with Crippen molar-refractivity contribution in [2.45, 2.75) is 83.5 Å². The minimum atomic E-state index is -1.07. The first-order valence-electron chi connectivity index (χ1n) is 9.46. The molecule has 1 aliphatic carbocycles. The molecule has 0 spiro atoms. The molecule has 1 atom stereocenters. The minimum absolute atomic E-state index is 0.0273. The van der Waals surface area contributed by atoms with Gasteiger partial charge in [-0.1, -0.05) is 70.6 Å². The number of carbonyl (C=O) groups is 1. The Kier molecular flexibility index (Phi) is 8.52. The highest BCUT2D eigenvalue weighted by Gasteiger charge is 2.30. The van der Waals surface area contributed by atoms with Crippen LogP contribution >= 0.6 is 0 Å². The van der Waals surface area contributed by atoms with Gasteiger partial charge in [0.1, 0.15) is 5.75 Å². The molecule has 0 bridgehead atoms. The summed E-state index contributed by atoms with van der Waals surface area (Å²) in [4.78, 5) is 12.3. The molecule has 0 aromatic carbocycles. The topological polar surface area (TPSA) is 60.4 Å². The molecule has 1 saturated carbocycles. The predicted molar refractivity (Wildman–Crippen MR) is 96.0 cm³/mol. The van der Waals surface area contributed by atoms with Crippen LogP contribution in [0.3, 0.4) is 0 Å². The highest BCUT2D eigenvalue weighted by Crippen LogP contribution is 2.26. The maximum Gasteiger partial charge on any atom is 0.167 e. The number of ketones is 1. The zero-order chi connectivity index (χ0) is 16.5. The van der Waals surface area contributed by atoms with E-state index in [1.165, 1.54) is 70.6 Å². The number of Topliss-reactive ketones (excluding diaryl/α,β-unsaturated/α-hetero) is 1. The van der Waals surface area contributed by atoms with Gasteiger partial charge in [0.05, 0.1) is 5.57 Å². The minimum Gasteiger partial charge on any atom is -0.616 e. The lowest BCUT2D eigenvalue weighted by Gasteiger charge is -2.17. The first kappa shape index (κ1) is 18.9. The Morgan fingerprint density at radius 3 is 1.96 bits per heavy atom. The largest absolute Gasteiger partial charge is 0.616 e. The summed E-state index contributed by atoms with van der Waals surface area (Å²) in [5.41, 5.74) is 0.441. The first-order chi connectivity index (χ1) is 11.2. The van der Waals surface area contributed by atoms with Crippen LogP contribution in [-0.2, 0) is 16.0 Å². The third-order valence-corrected chi connectivity index (χ3v) is 6.50. The van der Waals surface area contributed by atoms with Crippen LogP contribution in [-0.4, -0.2) is 26.9 Å². The van der Waals surface area contributed by atoms with Crippen molar-refractivity contribution < 1.29 is 14.5 Å². The third-order valence-electron chi connectivity index (χ3n) is 5.29. The van der Waals surface area contributed by atoms with Crippen molar-refractivity contribution in [2.24, 2.45) is 5.92 Å². The summed E-state index contributed by atoms with van der Waals surface area (Å²) in [7, 11) is 0. The molecule has 1 aliphatic heterocycles. The standard InChI is InChI=1S/C19H32O3S/c20-18(17-14-23(22)15-19(17)21)13-12-16-10-8-6-4-2-1-3-5-7-9-11-16/h16,21H,1-15H2. The van der Waals surface area contributed by atoms with E-state index in [4.69, 9.17) is 0 Å². The number of hydrogen-bond acceptors (Lipinski definition) is 3. The normalized spacial score (nSPS) is 25.9. The second kappa shape index (κ2) is 10.4. The van der Waals surface area contributed by atoms with Gasteiger partial charge < -0.3 is 9.66 Å². The van der Waals surface area contributed by atoms with Gasteiger partial charge in [-0.3, -0.25) is 4.79 Å². The monoisotopic (exact) mass is 340 g/mol. The fourth-order valence-electron chi connectivity index (χ4n) is 3.80. The van der Waals surface area contributed by atoms with E-state index in [1.54, 1.807) is 0 Å². The first-order valence-corrected chi connectivity index (χ1v) is 10.9. The highest BCUT2D eigenvalue weighted by atomic mass is 32.2. The maximum atomic E-state index is 12.3. The summed E-state index contributed by atoms with van der Waals surface area (Å²) in [6, 6.07) is 0. The summed E-state index contributed by atoms with van der Waals surface area (Å²) in [5, 5.41) is 9.74. The molecule has 2 rings (SSSR count). The van der Waals surface area contributed by atoms with Crippen LogP contribution in [0.1, 0.15) is 83.5 Å². The van der Waals surface area contributed by atoms with E-state index in [9.17, 15) is 14.5 Å². The Hall–Kier alpha value is -0.480. The van der Waals surface area contributed by atoms with E-state index in [-0.39, 0.29) is 23.0 Å². The second-order valence-corrected chi connectivity index (χ2v) is 8.70. The van der Waals surface area contributed by atoms with Crippen LogP contribution in [0.4, 0.5) is 0 Å². The number of carbonyl (C=O) groups excluding carboxylic acids is 1. The lowest BCUT2D eigenvalue weighted by molar-refractivity contribution is -0.115.